The van der Waals surface area contributed by atoms with Gasteiger partial charge in [-0.2, -0.15) is 5.10 Å². The number of rotatable bonds is 2. The highest BCUT2D eigenvalue weighted by Crippen LogP contribution is 2.10. The molecule has 0 amide bonds. The zero-order chi connectivity index (χ0) is 8.55. The van der Waals surface area contributed by atoms with Crippen molar-refractivity contribution in [2.75, 3.05) is 13.1 Å². The van der Waals surface area contributed by atoms with Crippen molar-refractivity contribution < 1.29 is 0 Å². The van der Waals surface area contributed by atoms with Crippen LogP contribution >= 0.6 is 0 Å². The van der Waals surface area contributed by atoms with Gasteiger partial charge in [0.05, 0.1) is 6.04 Å². The second-order valence-electron chi connectivity index (χ2n) is 2.98. The van der Waals surface area contributed by atoms with Crippen molar-refractivity contribution in [3.8, 4) is 0 Å². The van der Waals surface area contributed by atoms with Gasteiger partial charge in [0, 0.05) is 19.5 Å². The van der Waals surface area contributed by atoms with E-state index in [0.717, 1.165) is 25.3 Å². The van der Waals surface area contributed by atoms with Crippen LogP contribution in [0.1, 0.15) is 18.8 Å². The minimum absolute atomic E-state index is 0.0849. The minimum atomic E-state index is -0.0849. The van der Waals surface area contributed by atoms with Crippen molar-refractivity contribution >= 4 is 0 Å². The molecule has 1 aliphatic rings. The molecule has 0 bridgehead atoms. The number of hydrogen-bond donors (Lipinski definition) is 2. The Hall–Kier alpha value is -1.10. The van der Waals surface area contributed by atoms with Crippen molar-refractivity contribution in [3.05, 3.63) is 16.3 Å². The van der Waals surface area contributed by atoms with Crippen molar-refractivity contribution in [3.63, 3.8) is 0 Å². The number of aromatic nitrogens is 3. The van der Waals surface area contributed by atoms with Crippen LogP contribution in [-0.2, 0) is 6.42 Å². The van der Waals surface area contributed by atoms with E-state index in [2.05, 4.69) is 15.5 Å². The fourth-order valence-corrected chi connectivity index (χ4v) is 1.42. The van der Waals surface area contributed by atoms with Crippen LogP contribution in [0, 0.1) is 0 Å². The van der Waals surface area contributed by atoms with E-state index in [0.29, 0.717) is 6.04 Å². The van der Waals surface area contributed by atoms with Gasteiger partial charge in [-0.1, -0.05) is 6.92 Å². The monoisotopic (exact) mass is 168 g/mol. The van der Waals surface area contributed by atoms with Crippen molar-refractivity contribution in [2.45, 2.75) is 19.4 Å². The van der Waals surface area contributed by atoms with Crippen LogP contribution in [0.2, 0.25) is 0 Å². The Kier molecular flexibility index (Phi) is 1.73. The summed E-state index contributed by atoms with van der Waals surface area (Å²) in [5, 5.41) is 9.53. The third kappa shape index (κ3) is 0.972. The molecule has 0 aliphatic carbocycles. The Labute approximate surface area is 69.8 Å². The summed E-state index contributed by atoms with van der Waals surface area (Å²) in [6.45, 7) is 3.76. The summed E-state index contributed by atoms with van der Waals surface area (Å²) in [7, 11) is 0. The molecule has 2 N–H and O–H groups in total. The Balaban J connectivity index is 2.38. The maximum absolute atomic E-state index is 11.3. The van der Waals surface area contributed by atoms with Crippen LogP contribution in [0.5, 0.6) is 0 Å². The summed E-state index contributed by atoms with van der Waals surface area (Å²) < 4.78 is 1.75. The minimum Gasteiger partial charge on any atom is -0.313 e. The first-order valence-corrected chi connectivity index (χ1v) is 4.19. The maximum atomic E-state index is 11.3. The molecule has 2 heterocycles. The van der Waals surface area contributed by atoms with E-state index in [9.17, 15) is 4.79 Å². The lowest BCUT2D eigenvalue weighted by Gasteiger charge is -2.28. The van der Waals surface area contributed by atoms with Gasteiger partial charge in [0.2, 0.25) is 0 Å². The quantitative estimate of drug-likeness (QED) is 0.612. The Morgan fingerprint density at radius 3 is 2.92 bits per heavy atom. The number of nitrogens with zero attached hydrogens (tertiary/aromatic N) is 2. The molecule has 1 aromatic rings. The molecule has 12 heavy (non-hydrogen) atoms. The lowest BCUT2D eigenvalue weighted by atomic mass is 10.2. The zero-order valence-corrected chi connectivity index (χ0v) is 7.00. The van der Waals surface area contributed by atoms with Crippen LogP contribution in [0.3, 0.4) is 0 Å². The fourth-order valence-electron chi connectivity index (χ4n) is 1.42. The van der Waals surface area contributed by atoms with Gasteiger partial charge in [-0.15, -0.1) is 0 Å². The molecule has 0 atom stereocenters. The van der Waals surface area contributed by atoms with Gasteiger partial charge in [-0.25, -0.2) is 9.89 Å². The van der Waals surface area contributed by atoms with Crippen LogP contribution < -0.4 is 11.0 Å². The van der Waals surface area contributed by atoms with Gasteiger partial charge in [-0.3, -0.25) is 4.57 Å². The number of aromatic amines is 1. The molecule has 0 saturated carbocycles. The van der Waals surface area contributed by atoms with Crippen molar-refractivity contribution in [1.82, 2.24) is 20.1 Å². The van der Waals surface area contributed by atoms with Crippen LogP contribution in [0.4, 0.5) is 0 Å². The Morgan fingerprint density at radius 1 is 1.67 bits per heavy atom. The lowest BCUT2D eigenvalue weighted by molar-refractivity contribution is 0.329. The normalized spacial score (nSPS) is 17.8. The summed E-state index contributed by atoms with van der Waals surface area (Å²) in [6, 6.07) is 0.311. The largest absolute Gasteiger partial charge is 0.343 e. The smallest absolute Gasteiger partial charge is 0.313 e. The van der Waals surface area contributed by atoms with Gasteiger partial charge in [0.25, 0.3) is 0 Å². The molecule has 5 nitrogen and oxygen atoms in total. The highest BCUT2D eigenvalue weighted by Gasteiger charge is 2.22. The average molecular weight is 168 g/mol. The van der Waals surface area contributed by atoms with Crippen LogP contribution in [0.25, 0.3) is 0 Å². The highest BCUT2D eigenvalue weighted by atomic mass is 16.1. The number of aryl methyl sites for hydroxylation is 1. The molecule has 1 fully saturated rings. The topological polar surface area (TPSA) is 62.7 Å². The van der Waals surface area contributed by atoms with E-state index < -0.39 is 0 Å². The second kappa shape index (κ2) is 2.75. The van der Waals surface area contributed by atoms with E-state index in [-0.39, 0.29) is 5.69 Å². The van der Waals surface area contributed by atoms with Crippen LogP contribution in [0.15, 0.2) is 4.79 Å². The molecular formula is C7H12N4O. The van der Waals surface area contributed by atoms with Crippen LogP contribution in [-0.4, -0.2) is 27.9 Å². The molecule has 1 saturated heterocycles. The Morgan fingerprint density at radius 2 is 2.42 bits per heavy atom. The first kappa shape index (κ1) is 7.54. The van der Waals surface area contributed by atoms with E-state index in [1.54, 1.807) is 4.57 Å². The van der Waals surface area contributed by atoms with E-state index in [1.165, 1.54) is 0 Å². The standard InChI is InChI=1S/C7H12N4O/c1-2-6-9-10-7(12)11(6)5-3-8-4-5/h5,8H,2-4H2,1H3,(H,10,12). The van der Waals surface area contributed by atoms with E-state index >= 15 is 0 Å². The third-order valence-corrected chi connectivity index (χ3v) is 2.22. The second-order valence-corrected chi connectivity index (χ2v) is 2.98. The summed E-state index contributed by atoms with van der Waals surface area (Å²) in [4.78, 5) is 11.3. The first-order valence-electron chi connectivity index (χ1n) is 4.19. The average Bonchev–Trinajstić information content (AvgIpc) is 2.30. The number of H-pyrrole nitrogens is 1. The summed E-state index contributed by atoms with van der Waals surface area (Å²) in [6.07, 6.45) is 0.801. The van der Waals surface area contributed by atoms with Gasteiger partial charge in [0.15, 0.2) is 0 Å². The molecule has 0 radical (unpaired) electrons. The number of hydrogen-bond acceptors (Lipinski definition) is 3. The summed E-state index contributed by atoms with van der Waals surface area (Å²) in [5.41, 5.74) is -0.0849. The predicted molar refractivity (Wildman–Crippen MR) is 44.1 cm³/mol. The Bertz CT molecular complexity index is 322. The summed E-state index contributed by atoms with van der Waals surface area (Å²) >= 11 is 0. The molecule has 5 heteroatoms. The van der Waals surface area contributed by atoms with Crippen molar-refractivity contribution in [1.29, 1.82) is 0 Å². The SMILES string of the molecule is CCc1n[nH]c(=O)n1C1CNC1. The molecule has 2 rings (SSSR count). The fraction of sp³-hybridized carbons (Fsp3) is 0.714. The molecule has 66 valence electrons. The number of nitrogens with one attached hydrogen (secondary N) is 2. The molecule has 0 unspecified atom stereocenters. The molecule has 0 spiro atoms. The zero-order valence-electron chi connectivity index (χ0n) is 7.00. The van der Waals surface area contributed by atoms with E-state index in [4.69, 9.17) is 0 Å². The third-order valence-electron chi connectivity index (χ3n) is 2.22. The van der Waals surface area contributed by atoms with Crippen molar-refractivity contribution in [2.24, 2.45) is 0 Å². The maximum Gasteiger partial charge on any atom is 0.343 e. The highest BCUT2D eigenvalue weighted by molar-refractivity contribution is 4.94. The molecular weight excluding hydrogens is 156 g/mol. The molecule has 1 aromatic heterocycles. The lowest BCUT2D eigenvalue weighted by Crippen LogP contribution is -2.47. The van der Waals surface area contributed by atoms with Gasteiger partial charge in [0.1, 0.15) is 5.82 Å². The first-order chi connectivity index (χ1) is 5.83. The van der Waals surface area contributed by atoms with Gasteiger partial charge < -0.3 is 5.32 Å². The molecule has 1 aliphatic heterocycles. The molecule has 0 aromatic carbocycles. The van der Waals surface area contributed by atoms with Gasteiger partial charge in [-0.05, 0) is 0 Å². The summed E-state index contributed by atoms with van der Waals surface area (Å²) in [5.74, 6) is 0.853. The predicted octanol–water partition coefficient (Wildman–Crippen LogP) is -0.722. The van der Waals surface area contributed by atoms with E-state index in [1.807, 2.05) is 6.92 Å². The van der Waals surface area contributed by atoms with Gasteiger partial charge >= 0.3 is 5.69 Å².